The summed E-state index contributed by atoms with van der Waals surface area (Å²) in [5.74, 6) is 0.0649. The maximum Gasteiger partial charge on any atom is 0.309 e. The molecule has 100 valence electrons. The van der Waals surface area contributed by atoms with Gasteiger partial charge in [0.05, 0.1) is 12.0 Å². The smallest absolute Gasteiger partial charge is 0.309 e. The van der Waals surface area contributed by atoms with Crippen LogP contribution in [0.3, 0.4) is 0 Å². The van der Waals surface area contributed by atoms with Crippen LogP contribution >= 0.6 is 15.9 Å². The molecule has 0 aliphatic heterocycles. The molecule has 1 atom stereocenters. The monoisotopic (exact) mass is 314 g/mol. The largest absolute Gasteiger partial charge is 0.494 e. The van der Waals surface area contributed by atoms with Crippen molar-refractivity contribution in [3.63, 3.8) is 0 Å². The van der Waals surface area contributed by atoms with Gasteiger partial charge in [0.25, 0.3) is 0 Å². The molecule has 0 spiro atoms. The van der Waals surface area contributed by atoms with Crippen molar-refractivity contribution in [3.05, 3.63) is 28.7 Å². The average molecular weight is 315 g/mol. The van der Waals surface area contributed by atoms with Crippen LogP contribution in [0.15, 0.2) is 28.7 Å². The number of halogens is 1. The highest BCUT2D eigenvalue weighted by molar-refractivity contribution is 9.10. The molecule has 0 fully saturated rings. The van der Waals surface area contributed by atoms with Gasteiger partial charge in [0, 0.05) is 4.47 Å². The number of hydrogen-bond acceptors (Lipinski definition) is 2. The van der Waals surface area contributed by atoms with Crippen molar-refractivity contribution in [2.24, 2.45) is 11.3 Å². The summed E-state index contributed by atoms with van der Waals surface area (Å²) in [6, 6.07) is 7.51. The summed E-state index contributed by atoms with van der Waals surface area (Å²) in [6.07, 6.45) is 0.496. The third kappa shape index (κ3) is 3.73. The van der Waals surface area contributed by atoms with Crippen LogP contribution in [-0.2, 0) is 4.79 Å². The summed E-state index contributed by atoms with van der Waals surface area (Å²) in [5, 5.41) is 9.27. The second-order valence-electron chi connectivity index (χ2n) is 4.93. The highest BCUT2D eigenvalue weighted by Crippen LogP contribution is 2.31. The number of aliphatic carboxylic acids is 1. The predicted molar refractivity (Wildman–Crippen MR) is 74.8 cm³/mol. The van der Waals surface area contributed by atoms with Crippen LogP contribution in [0.4, 0.5) is 0 Å². The lowest BCUT2D eigenvalue weighted by atomic mass is 9.77. The van der Waals surface area contributed by atoms with Gasteiger partial charge in [-0.25, -0.2) is 0 Å². The Balaban J connectivity index is 2.54. The van der Waals surface area contributed by atoms with Gasteiger partial charge in [0.15, 0.2) is 0 Å². The second kappa shape index (κ2) is 6.23. The summed E-state index contributed by atoms with van der Waals surface area (Å²) in [7, 11) is 0. The van der Waals surface area contributed by atoms with Crippen molar-refractivity contribution in [1.29, 1.82) is 0 Å². The Morgan fingerprint density at radius 3 is 2.39 bits per heavy atom. The maximum absolute atomic E-state index is 11.3. The van der Waals surface area contributed by atoms with Gasteiger partial charge in [-0.15, -0.1) is 0 Å². The Kier molecular flexibility index (Phi) is 5.20. The molecule has 1 aromatic rings. The molecule has 18 heavy (non-hydrogen) atoms. The molecule has 0 amide bonds. The fourth-order valence-electron chi connectivity index (χ4n) is 1.55. The molecule has 4 heteroatoms. The molecule has 1 unspecified atom stereocenters. The minimum absolute atomic E-state index is 0.0727. The fourth-order valence-corrected chi connectivity index (χ4v) is 1.82. The normalized spacial score (nSPS) is 14.3. The Morgan fingerprint density at radius 2 is 1.94 bits per heavy atom. The third-order valence-corrected chi connectivity index (χ3v) is 4.00. The van der Waals surface area contributed by atoms with E-state index in [4.69, 9.17) is 4.74 Å². The molecule has 0 bridgehead atoms. The molecule has 0 saturated heterocycles. The zero-order valence-corrected chi connectivity index (χ0v) is 12.5. The van der Waals surface area contributed by atoms with E-state index in [9.17, 15) is 9.90 Å². The van der Waals surface area contributed by atoms with E-state index in [1.165, 1.54) is 0 Å². The molecule has 0 aliphatic carbocycles. The number of rotatable bonds is 6. The Labute approximate surface area is 116 Å². The zero-order chi connectivity index (χ0) is 13.8. The predicted octanol–water partition coefficient (Wildman–Crippen LogP) is 3.96. The van der Waals surface area contributed by atoms with Crippen LogP contribution in [-0.4, -0.2) is 17.7 Å². The number of carboxylic acids is 1. The maximum atomic E-state index is 11.3. The van der Waals surface area contributed by atoms with Gasteiger partial charge in [-0.2, -0.15) is 0 Å². The molecule has 1 aromatic carbocycles. The Morgan fingerprint density at radius 1 is 1.39 bits per heavy atom. The summed E-state index contributed by atoms with van der Waals surface area (Å²) in [5.41, 5.74) is -0.741. The topological polar surface area (TPSA) is 46.5 Å². The van der Waals surface area contributed by atoms with E-state index < -0.39 is 11.4 Å². The molecule has 0 aromatic heterocycles. The fraction of sp³-hybridized carbons (Fsp3) is 0.500. The lowest BCUT2D eigenvalue weighted by Gasteiger charge is -2.28. The summed E-state index contributed by atoms with van der Waals surface area (Å²) >= 11 is 3.35. The Bertz CT molecular complexity index is 400. The Hall–Kier alpha value is -1.03. The molecule has 1 rings (SSSR count). The van der Waals surface area contributed by atoms with Crippen molar-refractivity contribution in [2.75, 3.05) is 6.61 Å². The van der Waals surface area contributed by atoms with Crippen LogP contribution in [0.1, 0.15) is 27.2 Å². The van der Waals surface area contributed by atoms with E-state index in [0.29, 0.717) is 13.0 Å². The van der Waals surface area contributed by atoms with Crippen molar-refractivity contribution in [3.8, 4) is 5.75 Å². The van der Waals surface area contributed by atoms with Gasteiger partial charge in [-0.05, 0) is 43.5 Å². The van der Waals surface area contributed by atoms with E-state index in [1.54, 1.807) is 6.92 Å². The van der Waals surface area contributed by atoms with Crippen LogP contribution < -0.4 is 4.74 Å². The lowest BCUT2D eigenvalue weighted by molar-refractivity contribution is -0.151. The van der Waals surface area contributed by atoms with Crippen LogP contribution in [0.25, 0.3) is 0 Å². The minimum Gasteiger partial charge on any atom is -0.494 e. The van der Waals surface area contributed by atoms with Gasteiger partial charge in [0.1, 0.15) is 5.75 Å². The first kappa shape index (κ1) is 15.0. The van der Waals surface area contributed by atoms with E-state index in [0.717, 1.165) is 10.2 Å². The highest BCUT2D eigenvalue weighted by Gasteiger charge is 2.36. The first-order valence-corrected chi connectivity index (χ1v) is 6.77. The second-order valence-corrected chi connectivity index (χ2v) is 5.85. The highest BCUT2D eigenvalue weighted by atomic mass is 79.9. The molecule has 0 aliphatic rings. The molecular formula is C14H19BrO3. The van der Waals surface area contributed by atoms with Crippen LogP contribution in [0, 0.1) is 11.3 Å². The van der Waals surface area contributed by atoms with Gasteiger partial charge in [-0.3, -0.25) is 4.79 Å². The summed E-state index contributed by atoms with van der Waals surface area (Å²) in [6.45, 7) is 6.02. The summed E-state index contributed by atoms with van der Waals surface area (Å²) in [4.78, 5) is 11.3. The molecule has 0 radical (unpaired) electrons. The van der Waals surface area contributed by atoms with E-state index in [-0.39, 0.29) is 5.92 Å². The SMILES string of the molecule is CC(C)C(C)(CCOc1ccc(Br)cc1)C(=O)O. The first-order chi connectivity index (χ1) is 8.36. The van der Waals surface area contributed by atoms with Crippen LogP contribution in [0.2, 0.25) is 0 Å². The molecule has 3 nitrogen and oxygen atoms in total. The van der Waals surface area contributed by atoms with E-state index in [1.807, 2.05) is 38.1 Å². The van der Waals surface area contributed by atoms with Gasteiger partial charge in [-0.1, -0.05) is 29.8 Å². The molecular weight excluding hydrogens is 296 g/mol. The van der Waals surface area contributed by atoms with E-state index >= 15 is 0 Å². The number of benzene rings is 1. The number of carboxylic acid groups (broad SMARTS) is 1. The molecule has 0 heterocycles. The number of ether oxygens (including phenoxy) is 1. The first-order valence-electron chi connectivity index (χ1n) is 5.98. The number of carbonyl (C=O) groups is 1. The summed E-state index contributed by atoms with van der Waals surface area (Å²) < 4.78 is 6.57. The van der Waals surface area contributed by atoms with Gasteiger partial charge < -0.3 is 9.84 Å². The van der Waals surface area contributed by atoms with Gasteiger partial charge in [0.2, 0.25) is 0 Å². The van der Waals surface area contributed by atoms with Crippen molar-refractivity contribution >= 4 is 21.9 Å². The van der Waals surface area contributed by atoms with Crippen molar-refractivity contribution < 1.29 is 14.6 Å². The third-order valence-electron chi connectivity index (χ3n) is 3.47. The van der Waals surface area contributed by atoms with Crippen LogP contribution in [0.5, 0.6) is 5.75 Å². The molecule has 0 saturated carbocycles. The number of hydrogen-bond donors (Lipinski definition) is 1. The standard InChI is InChI=1S/C14H19BrO3/c1-10(2)14(3,13(16)17)8-9-18-12-6-4-11(15)5-7-12/h4-7,10H,8-9H2,1-3H3,(H,16,17). The van der Waals surface area contributed by atoms with Crippen molar-refractivity contribution in [2.45, 2.75) is 27.2 Å². The van der Waals surface area contributed by atoms with E-state index in [2.05, 4.69) is 15.9 Å². The lowest BCUT2D eigenvalue weighted by Crippen LogP contribution is -2.34. The van der Waals surface area contributed by atoms with Crippen molar-refractivity contribution in [1.82, 2.24) is 0 Å². The van der Waals surface area contributed by atoms with Gasteiger partial charge >= 0.3 is 5.97 Å². The molecule has 1 N–H and O–H groups in total. The zero-order valence-electron chi connectivity index (χ0n) is 10.9. The minimum atomic E-state index is -0.767. The average Bonchev–Trinajstić information content (AvgIpc) is 2.31. The quantitative estimate of drug-likeness (QED) is 0.864.